The SMILES string of the molecule is COc1ccc(S(=O)(=O)NCCOc2ccc(-c3ccco3)nn2)cc1. The zero-order valence-electron chi connectivity index (χ0n) is 14.0. The Morgan fingerprint density at radius 2 is 1.88 bits per heavy atom. The van der Waals surface area contributed by atoms with Gasteiger partial charge in [0.1, 0.15) is 18.1 Å². The highest BCUT2D eigenvalue weighted by Crippen LogP contribution is 2.18. The summed E-state index contributed by atoms with van der Waals surface area (Å²) in [6.45, 7) is 0.208. The summed E-state index contributed by atoms with van der Waals surface area (Å²) < 4.78 is 42.4. The molecule has 8 nitrogen and oxygen atoms in total. The largest absolute Gasteiger partial charge is 0.497 e. The minimum absolute atomic E-state index is 0.0932. The summed E-state index contributed by atoms with van der Waals surface area (Å²) in [5.41, 5.74) is 0.586. The van der Waals surface area contributed by atoms with Gasteiger partial charge in [-0.2, -0.15) is 0 Å². The molecule has 26 heavy (non-hydrogen) atoms. The van der Waals surface area contributed by atoms with Crippen LogP contribution in [0.2, 0.25) is 0 Å². The van der Waals surface area contributed by atoms with Crippen LogP contribution in [0.1, 0.15) is 0 Å². The van der Waals surface area contributed by atoms with Crippen molar-refractivity contribution in [2.75, 3.05) is 20.3 Å². The van der Waals surface area contributed by atoms with Crippen molar-refractivity contribution in [3.05, 3.63) is 54.8 Å². The molecule has 1 aromatic carbocycles. The molecule has 0 spiro atoms. The Morgan fingerprint density at radius 3 is 2.50 bits per heavy atom. The monoisotopic (exact) mass is 375 g/mol. The molecule has 0 aliphatic heterocycles. The highest BCUT2D eigenvalue weighted by molar-refractivity contribution is 7.89. The summed E-state index contributed by atoms with van der Waals surface area (Å²) >= 11 is 0. The van der Waals surface area contributed by atoms with E-state index in [4.69, 9.17) is 13.9 Å². The standard InChI is InChI=1S/C17H17N3O5S/c1-23-13-4-6-14(7-5-13)26(21,22)18-10-12-25-17-9-8-15(19-20-17)16-3-2-11-24-16/h2-9,11,18H,10,12H2,1H3. The van der Waals surface area contributed by atoms with Crippen molar-refractivity contribution in [2.24, 2.45) is 0 Å². The smallest absolute Gasteiger partial charge is 0.240 e. The van der Waals surface area contributed by atoms with Crippen LogP contribution in [0.3, 0.4) is 0 Å². The van der Waals surface area contributed by atoms with E-state index in [0.29, 0.717) is 23.1 Å². The van der Waals surface area contributed by atoms with Gasteiger partial charge in [0, 0.05) is 12.6 Å². The minimum atomic E-state index is -3.61. The van der Waals surface area contributed by atoms with Gasteiger partial charge in [0.05, 0.1) is 18.3 Å². The molecule has 0 aliphatic carbocycles. The van der Waals surface area contributed by atoms with Gasteiger partial charge in [-0.1, -0.05) is 0 Å². The maximum atomic E-state index is 12.2. The predicted molar refractivity (Wildman–Crippen MR) is 93.4 cm³/mol. The molecule has 2 aromatic heterocycles. The molecule has 0 aliphatic rings. The lowest BCUT2D eigenvalue weighted by atomic mass is 10.3. The second-order valence-corrected chi connectivity index (χ2v) is 6.92. The first-order chi connectivity index (χ1) is 12.6. The number of rotatable bonds is 8. The number of nitrogens with zero attached hydrogens (tertiary/aromatic N) is 2. The molecule has 136 valence electrons. The molecule has 0 unspecified atom stereocenters. The number of hydrogen-bond donors (Lipinski definition) is 1. The third-order valence-corrected chi connectivity index (χ3v) is 4.90. The number of benzene rings is 1. The van der Waals surface area contributed by atoms with Crippen LogP contribution in [0.25, 0.3) is 11.5 Å². The van der Waals surface area contributed by atoms with Gasteiger partial charge in [-0.05, 0) is 42.5 Å². The number of furan rings is 1. The Hall–Kier alpha value is -2.91. The van der Waals surface area contributed by atoms with E-state index in [1.165, 1.54) is 19.2 Å². The molecular formula is C17H17N3O5S. The lowest BCUT2D eigenvalue weighted by molar-refractivity contribution is 0.307. The maximum absolute atomic E-state index is 12.2. The molecule has 0 atom stereocenters. The second-order valence-electron chi connectivity index (χ2n) is 5.16. The number of ether oxygens (including phenoxy) is 2. The lowest BCUT2D eigenvalue weighted by Gasteiger charge is -2.08. The first kappa shape index (κ1) is 17.9. The van der Waals surface area contributed by atoms with Crippen LogP contribution in [-0.2, 0) is 10.0 Å². The second kappa shape index (κ2) is 7.98. The van der Waals surface area contributed by atoms with Gasteiger partial charge in [-0.3, -0.25) is 0 Å². The summed E-state index contributed by atoms with van der Waals surface area (Å²) in [6.07, 6.45) is 1.55. The van der Waals surface area contributed by atoms with Crippen molar-refractivity contribution in [2.45, 2.75) is 4.90 Å². The molecule has 0 bridgehead atoms. The van der Waals surface area contributed by atoms with E-state index in [1.54, 1.807) is 42.7 Å². The quantitative estimate of drug-likeness (QED) is 0.601. The van der Waals surface area contributed by atoms with Crippen molar-refractivity contribution in [3.8, 4) is 23.1 Å². The molecule has 3 rings (SSSR count). The average molecular weight is 375 g/mol. The van der Waals surface area contributed by atoms with Crippen LogP contribution in [0.5, 0.6) is 11.6 Å². The third-order valence-electron chi connectivity index (χ3n) is 3.43. The van der Waals surface area contributed by atoms with E-state index in [1.807, 2.05) is 0 Å². The molecule has 0 saturated carbocycles. The zero-order valence-corrected chi connectivity index (χ0v) is 14.8. The van der Waals surface area contributed by atoms with E-state index in [2.05, 4.69) is 14.9 Å². The topological polar surface area (TPSA) is 104 Å². The summed E-state index contributed by atoms with van der Waals surface area (Å²) in [6, 6.07) is 13.0. The van der Waals surface area contributed by atoms with Gasteiger partial charge < -0.3 is 13.9 Å². The van der Waals surface area contributed by atoms with Gasteiger partial charge in [0.25, 0.3) is 0 Å². The van der Waals surface area contributed by atoms with Gasteiger partial charge in [-0.25, -0.2) is 13.1 Å². The van der Waals surface area contributed by atoms with Crippen molar-refractivity contribution < 1.29 is 22.3 Å². The fourth-order valence-electron chi connectivity index (χ4n) is 2.12. The van der Waals surface area contributed by atoms with Crippen molar-refractivity contribution in [1.82, 2.24) is 14.9 Å². The Kier molecular flexibility index (Phi) is 5.49. The molecule has 0 radical (unpaired) electrons. The fourth-order valence-corrected chi connectivity index (χ4v) is 3.14. The van der Waals surface area contributed by atoms with Crippen LogP contribution in [0, 0.1) is 0 Å². The van der Waals surface area contributed by atoms with Crippen molar-refractivity contribution in [1.29, 1.82) is 0 Å². The molecule has 0 saturated heterocycles. The number of aromatic nitrogens is 2. The number of methoxy groups -OCH3 is 1. The van der Waals surface area contributed by atoms with Gasteiger partial charge in [0.2, 0.25) is 15.9 Å². The first-order valence-electron chi connectivity index (χ1n) is 7.72. The predicted octanol–water partition coefficient (Wildman–Crippen LogP) is 2.10. The zero-order chi connectivity index (χ0) is 18.4. The van der Waals surface area contributed by atoms with Crippen LogP contribution >= 0.6 is 0 Å². The van der Waals surface area contributed by atoms with E-state index in [9.17, 15) is 8.42 Å². The molecule has 0 amide bonds. The van der Waals surface area contributed by atoms with Crippen LogP contribution < -0.4 is 14.2 Å². The molecular weight excluding hydrogens is 358 g/mol. The Balaban J connectivity index is 1.50. The summed E-state index contributed by atoms with van der Waals surface area (Å²) in [4.78, 5) is 0.154. The van der Waals surface area contributed by atoms with E-state index >= 15 is 0 Å². The fraction of sp³-hybridized carbons (Fsp3) is 0.176. The molecule has 2 heterocycles. The van der Waals surface area contributed by atoms with Crippen LogP contribution in [0.4, 0.5) is 0 Å². The molecule has 9 heteroatoms. The van der Waals surface area contributed by atoms with Crippen LogP contribution in [-0.4, -0.2) is 38.9 Å². The van der Waals surface area contributed by atoms with Gasteiger partial charge >= 0.3 is 0 Å². The minimum Gasteiger partial charge on any atom is -0.497 e. The Bertz CT molecular complexity index is 924. The summed E-state index contributed by atoms with van der Waals surface area (Å²) in [7, 11) is -2.09. The van der Waals surface area contributed by atoms with Gasteiger partial charge in [-0.15, -0.1) is 10.2 Å². The van der Waals surface area contributed by atoms with Gasteiger partial charge in [0.15, 0.2) is 5.76 Å². The average Bonchev–Trinajstić information content (AvgIpc) is 3.20. The number of sulfonamides is 1. The Labute approximate surface area is 150 Å². The number of nitrogens with one attached hydrogen (secondary N) is 1. The van der Waals surface area contributed by atoms with Crippen LogP contribution in [0.15, 0.2) is 64.1 Å². The highest BCUT2D eigenvalue weighted by Gasteiger charge is 2.13. The van der Waals surface area contributed by atoms with Crippen molar-refractivity contribution in [3.63, 3.8) is 0 Å². The Morgan fingerprint density at radius 1 is 1.08 bits per heavy atom. The first-order valence-corrected chi connectivity index (χ1v) is 9.21. The van der Waals surface area contributed by atoms with E-state index in [0.717, 1.165) is 0 Å². The third kappa shape index (κ3) is 4.38. The molecule has 1 N–H and O–H groups in total. The molecule has 3 aromatic rings. The van der Waals surface area contributed by atoms with Crippen molar-refractivity contribution >= 4 is 10.0 Å². The summed E-state index contributed by atoms with van der Waals surface area (Å²) in [5, 5.41) is 7.92. The summed E-state index contributed by atoms with van der Waals surface area (Å²) in [5.74, 6) is 1.49. The maximum Gasteiger partial charge on any atom is 0.240 e. The molecule has 0 fully saturated rings. The lowest BCUT2D eigenvalue weighted by Crippen LogP contribution is -2.28. The van der Waals surface area contributed by atoms with E-state index < -0.39 is 10.0 Å². The number of hydrogen-bond acceptors (Lipinski definition) is 7. The highest BCUT2D eigenvalue weighted by atomic mass is 32.2. The normalized spacial score (nSPS) is 11.3. The van der Waals surface area contributed by atoms with E-state index in [-0.39, 0.29) is 18.0 Å².